The molecule has 10 heteroatoms. The molecule has 0 bridgehead atoms. The minimum absolute atomic E-state index is 0.0933. The lowest BCUT2D eigenvalue weighted by atomic mass is 10.1. The molecule has 0 radical (unpaired) electrons. The molecule has 0 aliphatic carbocycles. The lowest BCUT2D eigenvalue weighted by Crippen LogP contribution is -2.53. The molecule has 1 unspecified atom stereocenters. The van der Waals surface area contributed by atoms with Gasteiger partial charge in [-0.25, -0.2) is 4.39 Å². The Bertz CT molecular complexity index is 959. The summed E-state index contributed by atoms with van der Waals surface area (Å²) in [4.78, 5) is 33.1. The molecule has 3 fully saturated rings. The Labute approximate surface area is 184 Å². The van der Waals surface area contributed by atoms with Crippen molar-refractivity contribution in [2.24, 2.45) is 0 Å². The fourth-order valence-electron chi connectivity index (χ4n) is 4.58. The van der Waals surface area contributed by atoms with Crippen LogP contribution in [-0.2, 0) is 9.59 Å². The van der Waals surface area contributed by atoms with E-state index in [1.54, 1.807) is 17.0 Å². The van der Waals surface area contributed by atoms with Crippen LogP contribution in [0, 0.1) is 5.82 Å². The Hall–Kier alpha value is -2.75. The van der Waals surface area contributed by atoms with Gasteiger partial charge in [0.25, 0.3) is 0 Å². The van der Waals surface area contributed by atoms with E-state index in [0.717, 1.165) is 49.7 Å². The van der Waals surface area contributed by atoms with E-state index < -0.39 is 0 Å². The number of carbonyl (C=O) groups excluding carboxylic acids is 2. The van der Waals surface area contributed by atoms with Crippen LogP contribution in [0.1, 0.15) is 25.7 Å². The van der Waals surface area contributed by atoms with E-state index in [9.17, 15) is 14.0 Å². The van der Waals surface area contributed by atoms with Crippen molar-refractivity contribution in [1.29, 1.82) is 0 Å². The highest BCUT2D eigenvalue weighted by Crippen LogP contribution is 2.34. The van der Waals surface area contributed by atoms with Gasteiger partial charge in [-0.05, 0) is 43.5 Å². The van der Waals surface area contributed by atoms with E-state index in [1.807, 2.05) is 4.90 Å². The largest absolute Gasteiger partial charge is 0.368 e. The molecule has 164 valence electrons. The van der Waals surface area contributed by atoms with Crippen LogP contribution in [0.15, 0.2) is 24.3 Å². The molecule has 3 aliphatic heterocycles. The van der Waals surface area contributed by atoms with Crippen molar-refractivity contribution >= 4 is 39.1 Å². The molecule has 3 saturated heterocycles. The van der Waals surface area contributed by atoms with Gasteiger partial charge in [0.1, 0.15) is 11.9 Å². The maximum Gasteiger partial charge on any atom is 0.245 e. The number of benzene rings is 1. The fourth-order valence-corrected chi connectivity index (χ4v) is 5.55. The third kappa shape index (κ3) is 3.96. The van der Waals surface area contributed by atoms with Gasteiger partial charge in [0, 0.05) is 51.4 Å². The number of piperazine rings is 1. The molecule has 2 aromatic rings. The maximum absolute atomic E-state index is 13.3. The second kappa shape index (κ2) is 8.41. The average Bonchev–Trinajstić information content (AvgIpc) is 3.54. The lowest BCUT2D eigenvalue weighted by molar-refractivity contribution is -0.132. The van der Waals surface area contributed by atoms with Gasteiger partial charge in [0.2, 0.25) is 22.1 Å². The highest BCUT2D eigenvalue weighted by atomic mass is 32.1. The summed E-state index contributed by atoms with van der Waals surface area (Å²) in [7, 11) is 0. The zero-order valence-corrected chi connectivity index (χ0v) is 18.1. The molecule has 2 amide bonds. The van der Waals surface area contributed by atoms with Crippen molar-refractivity contribution in [3.05, 3.63) is 30.1 Å². The number of amides is 2. The van der Waals surface area contributed by atoms with Gasteiger partial charge in [-0.15, -0.1) is 10.2 Å². The number of hydrogen-bond donors (Lipinski definition) is 0. The zero-order chi connectivity index (χ0) is 21.4. The van der Waals surface area contributed by atoms with E-state index in [2.05, 4.69) is 20.0 Å². The topological polar surface area (TPSA) is 72.9 Å². The molecular formula is C21H25FN6O2S. The van der Waals surface area contributed by atoms with Crippen LogP contribution < -0.4 is 14.7 Å². The minimum atomic E-state index is -0.243. The number of aromatic nitrogens is 2. The smallest absolute Gasteiger partial charge is 0.245 e. The summed E-state index contributed by atoms with van der Waals surface area (Å²) in [6, 6.07) is 6.27. The van der Waals surface area contributed by atoms with E-state index in [-0.39, 0.29) is 23.7 Å². The van der Waals surface area contributed by atoms with Gasteiger partial charge >= 0.3 is 0 Å². The highest BCUT2D eigenvalue weighted by Gasteiger charge is 2.37. The third-order valence-corrected chi connectivity index (χ3v) is 7.26. The normalized spacial score (nSPS) is 22.0. The number of hydrogen-bond acceptors (Lipinski definition) is 7. The molecule has 0 N–H and O–H groups in total. The summed E-state index contributed by atoms with van der Waals surface area (Å²) in [6.45, 7) is 4.20. The van der Waals surface area contributed by atoms with Crippen molar-refractivity contribution in [3.63, 3.8) is 0 Å². The van der Waals surface area contributed by atoms with Crippen LogP contribution in [-0.4, -0.2) is 72.2 Å². The Balaban J connectivity index is 1.23. The first kappa shape index (κ1) is 20.2. The Kier molecular flexibility index (Phi) is 5.47. The first-order valence-electron chi connectivity index (χ1n) is 10.8. The molecule has 3 aliphatic rings. The quantitative estimate of drug-likeness (QED) is 0.719. The van der Waals surface area contributed by atoms with E-state index >= 15 is 0 Å². The summed E-state index contributed by atoms with van der Waals surface area (Å²) in [6.07, 6.45) is 3.14. The fraction of sp³-hybridized carbons (Fsp3) is 0.524. The van der Waals surface area contributed by atoms with Crippen LogP contribution in [0.5, 0.6) is 0 Å². The van der Waals surface area contributed by atoms with Crippen molar-refractivity contribution < 1.29 is 14.0 Å². The van der Waals surface area contributed by atoms with Gasteiger partial charge in [0.15, 0.2) is 0 Å². The van der Waals surface area contributed by atoms with Crippen LogP contribution in [0.3, 0.4) is 0 Å². The van der Waals surface area contributed by atoms with Crippen molar-refractivity contribution in [1.82, 2.24) is 15.1 Å². The first-order valence-corrected chi connectivity index (χ1v) is 11.6. The second-order valence-corrected chi connectivity index (χ2v) is 9.09. The second-order valence-electron chi connectivity index (χ2n) is 8.16. The van der Waals surface area contributed by atoms with Gasteiger partial charge in [-0.2, -0.15) is 0 Å². The standard InChI is InChI=1S/C21H25FN6O2S/c22-15-5-7-16(8-6-15)25-11-13-26(14-12-25)19(30)17-3-1-9-27(17)20-23-24-21(31-20)28-10-2-4-18(28)29/h5-8,17H,1-4,9-14H2. The molecule has 8 nitrogen and oxygen atoms in total. The van der Waals surface area contributed by atoms with Crippen LogP contribution >= 0.6 is 11.3 Å². The maximum atomic E-state index is 13.3. The predicted molar refractivity (Wildman–Crippen MR) is 117 cm³/mol. The molecule has 5 rings (SSSR count). The number of carbonyl (C=O) groups is 2. The summed E-state index contributed by atoms with van der Waals surface area (Å²) in [5, 5.41) is 9.87. The SMILES string of the molecule is O=C(C1CCCN1c1nnc(N2CCCC2=O)s1)N1CCN(c2ccc(F)cc2)CC1. The molecule has 1 atom stereocenters. The summed E-state index contributed by atoms with van der Waals surface area (Å²) >= 11 is 1.40. The highest BCUT2D eigenvalue weighted by molar-refractivity contribution is 7.19. The van der Waals surface area contributed by atoms with E-state index in [0.29, 0.717) is 31.2 Å². The molecule has 4 heterocycles. The number of anilines is 3. The van der Waals surface area contributed by atoms with Crippen LogP contribution in [0.4, 0.5) is 20.3 Å². The molecule has 0 spiro atoms. The van der Waals surface area contributed by atoms with Gasteiger partial charge < -0.3 is 14.7 Å². The lowest BCUT2D eigenvalue weighted by Gasteiger charge is -2.38. The Morgan fingerprint density at radius 3 is 2.42 bits per heavy atom. The van der Waals surface area contributed by atoms with Crippen LogP contribution in [0.25, 0.3) is 0 Å². The van der Waals surface area contributed by atoms with Gasteiger partial charge in [-0.3, -0.25) is 14.5 Å². The van der Waals surface area contributed by atoms with Gasteiger partial charge in [-0.1, -0.05) is 11.3 Å². The third-order valence-electron chi connectivity index (χ3n) is 6.27. The van der Waals surface area contributed by atoms with Crippen molar-refractivity contribution in [2.75, 3.05) is 54.0 Å². The van der Waals surface area contributed by atoms with Gasteiger partial charge in [0.05, 0.1) is 0 Å². The molecule has 31 heavy (non-hydrogen) atoms. The molecule has 0 saturated carbocycles. The molecule has 1 aromatic carbocycles. The zero-order valence-electron chi connectivity index (χ0n) is 17.2. The monoisotopic (exact) mass is 444 g/mol. The van der Waals surface area contributed by atoms with Crippen molar-refractivity contribution in [2.45, 2.75) is 31.7 Å². The number of rotatable bonds is 4. The Morgan fingerprint density at radius 1 is 0.968 bits per heavy atom. The molecule has 1 aromatic heterocycles. The van der Waals surface area contributed by atoms with E-state index in [1.165, 1.54) is 23.5 Å². The number of nitrogens with zero attached hydrogens (tertiary/aromatic N) is 6. The predicted octanol–water partition coefficient (Wildman–Crippen LogP) is 2.12. The van der Waals surface area contributed by atoms with E-state index in [4.69, 9.17) is 0 Å². The summed E-state index contributed by atoms with van der Waals surface area (Å²) in [5.74, 6) is -0.0196. The summed E-state index contributed by atoms with van der Waals surface area (Å²) in [5.41, 5.74) is 0.980. The van der Waals surface area contributed by atoms with Crippen LogP contribution in [0.2, 0.25) is 0 Å². The number of halogens is 1. The minimum Gasteiger partial charge on any atom is -0.368 e. The average molecular weight is 445 g/mol. The molecular weight excluding hydrogens is 419 g/mol. The van der Waals surface area contributed by atoms with Crippen molar-refractivity contribution in [3.8, 4) is 0 Å². The summed E-state index contributed by atoms with van der Waals surface area (Å²) < 4.78 is 13.2. The first-order chi connectivity index (χ1) is 15.1. The Morgan fingerprint density at radius 2 is 1.71 bits per heavy atom.